The Morgan fingerprint density at radius 3 is 2.71 bits per heavy atom. The van der Waals surface area contributed by atoms with Crippen molar-refractivity contribution in [1.29, 1.82) is 0 Å². The van der Waals surface area contributed by atoms with Crippen molar-refractivity contribution in [3.8, 4) is 0 Å². The molecule has 1 saturated carbocycles. The number of rotatable bonds is 2. The molecular weight excluding hydrogens is 218 g/mol. The van der Waals surface area contributed by atoms with Gasteiger partial charge < -0.3 is 15.5 Å². The topological polar surface area (TPSA) is 61.4 Å². The molecule has 0 spiro atoms. The molecule has 0 aromatic carbocycles. The summed E-state index contributed by atoms with van der Waals surface area (Å²) in [4.78, 5) is 25.2. The van der Waals surface area contributed by atoms with Crippen molar-refractivity contribution >= 4 is 11.8 Å². The van der Waals surface area contributed by atoms with Gasteiger partial charge in [-0.05, 0) is 31.7 Å². The lowest BCUT2D eigenvalue weighted by Gasteiger charge is -2.26. The minimum atomic E-state index is -0.432. The molecule has 5 heteroatoms. The van der Waals surface area contributed by atoms with Crippen molar-refractivity contribution in [2.75, 3.05) is 32.7 Å². The van der Waals surface area contributed by atoms with Crippen LogP contribution in [-0.2, 0) is 9.59 Å². The second-order valence-electron chi connectivity index (χ2n) is 4.90. The van der Waals surface area contributed by atoms with E-state index in [1.54, 1.807) is 4.90 Å². The Labute approximate surface area is 102 Å². The maximum absolute atomic E-state index is 11.9. The average molecular weight is 239 g/mol. The summed E-state index contributed by atoms with van der Waals surface area (Å²) < 4.78 is 0. The van der Waals surface area contributed by atoms with Gasteiger partial charge in [-0.3, -0.25) is 9.59 Å². The zero-order chi connectivity index (χ0) is 12.1. The summed E-state index contributed by atoms with van der Waals surface area (Å²) in [7, 11) is 0. The molecule has 1 saturated heterocycles. The van der Waals surface area contributed by atoms with E-state index < -0.39 is 5.91 Å². The summed E-state index contributed by atoms with van der Waals surface area (Å²) in [5, 5.41) is 5.97. The van der Waals surface area contributed by atoms with Gasteiger partial charge in [-0.15, -0.1) is 0 Å². The Morgan fingerprint density at radius 2 is 2.00 bits per heavy atom. The van der Waals surface area contributed by atoms with Crippen molar-refractivity contribution in [1.82, 2.24) is 15.5 Å². The maximum Gasteiger partial charge on any atom is 0.311 e. The van der Waals surface area contributed by atoms with Gasteiger partial charge in [-0.1, -0.05) is 6.42 Å². The smallest absolute Gasteiger partial charge is 0.311 e. The molecule has 0 unspecified atom stereocenters. The molecule has 0 atom stereocenters. The van der Waals surface area contributed by atoms with Crippen LogP contribution < -0.4 is 10.6 Å². The lowest BCUT2D eigenvalue weighted by molar-refractivity contribution is -0.145. The van der Waals surface area contributed by atoms with Gasteiger partial charge in [0.15, 0.2) is 0 Å². The molecule has 17 heavy (non-hydrogen) atoms. The van der Waals surface area contributed by atoms with Crippen LogP contribution >= 0.6 is 0 Å². The second-order valence-corrected chi connectivity index (χ2v) is 4.90. The van der Waals surface area contributed by atoms with Crippen molar-refractivity contribution in [2.45, 2.75) is 25.7 Å². The standard InChI is InChI=1S/C12H21N3O2/c16-11(14-9-10-3-1-4-10)12(17)15-7-2-5-13-6-8-15/h10,13H,1-9H2,(H,14,16). The van der Waals surface area contributed by atoms with Gasteiger partial charge in [0.2, 0.25) is 0 Å². The fourth-order valence-electron chi connectivity index (χ4n) is 2.20. The van der Waals surface area contributed by atoms with Crippen molar-refractivity contribution in [3.05, 3.63) is 0 Å². The van der Waals surface area contributed by atoms with Crippen LogP contribution in [0.3, 0.4) is 0 Å². The Hall–Kier alpha value is -1.10. The highest BCUT2D eigenvalue weighted by molar-refractivity contribution is 6.35. The van der Waals surface area contributed by atoms with Crippen LogP contribution in [0, 0.1) is 5.92 Å². The second kappa shape index (κ2) is 6.00. The monoisotopic (exact) mass is 239 g/mol. The van der Waals surface area contributed by atoms with Gasteiger partial charge in [0.05, 0.1) is 0 Å². The van der Waals surface area contributed by atoms with Crippen LogP contribution in [0.25, 0.3) is 0 Å². The van der Waals surface area contributed by atoms with Gasteiger partial charge in [0.25, 0.3) is 0 Å². The Kier molecular flexibility index (Phi) is 4.36. The Morgan fingerprint density at radius 1 is 1.18 bits per heavy atom. The molecule has 1 aliphatic carbocycles. The van der Waals surface area contributed by atoms with Crippen LogP contribution in [0.1, 0.15) is 25.7 Å². The molecule has 0 aromatic heterocycles. The third kappa shape index (κ3) is 3.43. The summed E-state index contributed by atoms with van der Waals surface area (Å²) in [6.07, 6.45) is 4.54. The third-order valence-electron chi connectivity index (χ3n) is 3.60. The lowest BCUT2D eigenvalue weighted by atomic mass is 9.85. The quantitative estimate of drug-likeness (QED) is 0.652. The number of nitrogens with zero attached hydrogens (tertiary/aromatic N) is 1. The summed E-state index contributed by atoms with van der Waals surface area (Å²) in [5.41, 5.74) is 0. The molecular formula is C12H21N3O2. The first kappa shape index (κ1) is 12.4. The number of hydrogen-bond donors (Lipinski definition) is 2. The molecule has 2 N–H and O–H groups in total. The van der Waals surface area contributed by atoms with Gasteiger partial charge in [0.1, 0.15) is 0 Å². The first-order chi connectivity index (χ1) is 8.27. The number of carbonyl (C=O) groups is 2. The highest BCUT2D eigenvalue weighted by atomic mass is 16.2. The normalized spacial score (nSPS) is 21.5. The van der Waals surface area contributed by atoms with Crippen LogP contribution in [-0.4, -0.2) is 49.4 Å². The molecule has 2 rings (SSSR count). The largest absolute Gasteiger partial charge is 0.348 e. The van der Waals surface area contributed by atoms with E-state index in [1.807, 2.05) is 0 Å². The van der Waals surface area contributed by atoms with Crippen molar-refractivity contribution in [3.63, 3.8) is 0 Å². The van der Waals surface area contributed by atoms with Crippen LogP contribution in [0.5, 0.6) is 0 Å². The maximum atomic E-state index is 11.9. The number of carbonyl (C=O) groups excluding carboxylic acids is 2. The average Bonchev–Trinajstić information content (AvgIpc) is 2.54. The summed E-state index contributed by atoms with van der Waals surface area (Å²) in [5.74, 6) is -0.204. The molecule has 0 radical (unpaired) electrons. The van der Waals surface area contributed by atoms with Gasteiger partial charge >= 0.3 is 11.8 Å². The van der Waals surface area contributed by atoms with Crippen LogP contribution in [0.2, 0.25) is 0 Å². The fraction of sp³-hybridized carbons (Fsp3) is 0.833. The van der Waals surface area contributed by atoms with Gasteiger partial charge in [0, 0.05) is 26.2 Å². The highest BCUT2D eigenvalue weighted by Crippen LogP contribution is 2.25. The van der Waals surface area contributed by atoms with Crippen molar-refractivity contribution in [2.24, 2.45) is 5.92 Å². The molecule has 1 heterocycles. The Bertz CT molecular complexity index is 281. The molecule has 1 aliphatic heterocycles. The summed E-state index contributed by atoms with van der Waals surface area (Å²) >= 11 is 0. The van der Waals surface area contributed by atoms with E-state index in [9.17, 15) is 9.59 Å². The van der Waals surface area contributed by atoms with E-state index in [-0.39, 0.29) is 5.91 Å². The summed E-state index contributed by atoms with van der Waals surface area (Å²) in [6.45, 7) is 3.68. The molecule has 2 amide bonds. The minimum absolute atomic E-state index is 0.368. The molecule has 0 bridgehead atoms. The van der Waals surface area contributed by atoms with E-state index in [2.05, 4.69) is 10.6 Å². The summed E-state index contributed by atoms with van der Waals surface area (Å²) in [6, 6.07) is 0. The van der Waals surface area contributed by atoms with Crippen LogP contribution in [0.4, 0.5) is 0 Å². The molecule has 0 aromatic rings. The fourth-order valence-corrected chi connectivity index (χ4v) is 2.20. The third-order valence-corrected chi connectivity index (χ3v) is 3.60. The predicted molar refractivity (Wildman–Crippen MR) is 64.4 cm³/mol. The first-order valence-corrected chi connectivity index (χ1v) is 6.55. The van der Waals surface area contributed by atoms with Crippen molar-refractivity contribution < 1.29 is 9.59 Å². The van der Waals surface area contributed by atoms with E-state index in [1.165, 1.54) is 19.3 Å². The number of hydrogen-bond acceptors (Lipinski definition) is 3. The van der Waals surface area contributed by atoms with E-state index in [0.717, 1.165) is 19.5 Å². The van der Waals surface area contributed by atoms with Crippen LogP contribution in [0.15, 0.2) is 0 Å². The molecule has 2 aliphatic rings. The zero-order valence-corrected chi connectivity index (χ0v) is 10.2. The number of amides is 2. The number of nitrogens with one attached hydrogen (secondary N) is 2. The van der Waals surface area contributed by atoms with Gasteiger partial charge in [-0.25, -0.2) is 0 Å². The first-order valence-electron chi connectivity index (χ1n) is 6.55. The lowest BCUT2D eigenvalue weighted by Crippen LogP contribution is -2.45. The van der Waals surface area contributed by atoms with Gasteiger partial charge in [-0.2, -0.15) is 0 Å². The minimum Gasteiger partial charge on any atom is -0.348 e. The zero-order valence-electron chi connectivity index (χ0n) is 10.2. The molecule has 96 valence electrons. The van der Waals surface area contributed by atoms with E-state index >= 15 is 0 Å². The Balaban J connectivity index is 1.74. The SMILES string of the molecule is O=C(NCC1CCC1)C(=O)N1CCCNCC1. The highest BCUT2D eigenvalue weighted by Gasteiger charge is 2.24. The predicted octanol–water partition coefficient (Wildman–Crippen LogP) is -0.275. The molecule has 5 nitrogen and oxygen atoms in total. The van der Waals surface area contributed by atoms with E-state index in [0.29, 0.717) is 25.6 Å². The van der Waals surface area contributed by atoms with E-state index in [4.69, 9.17) is 0 Å². The molecule has 2 fully saturated rings.